The van der Waals surface area contributed by atoms with Crippen LogP contribution in [0.15, 0.2) is 89.8 Å². The summed E-state index contributed by atoms with van der Waals surface area (Å²) in [6.07, 6.45) is 3.02. The van der Waals surface area contributed by atoms with Gasteiger partial charge in [0.1, 0.15) is 0 Å². The summed E-state index contributed by atoms with van der Waals surface area (Å²) in [5, 5.41) is 7.73. The van der Waals surface area contributed by atoms with Crippen molar-refractivity contribution in [1.29, 1.82) is 0 Å². The Bertz CT molecular complexity index is 1410. The second-order valence-electron chi connectivity index (χ2n) is 8.15. The molecule has 34 heavy (non-hydrogen) atoms. The number of sulfonamides is 1. The maximum absolute atomic E-state index is 12.7. The van der Waals surface area contributed by atoms with Gasteiger partial charge in [-0.15, -0.1) is 0 Å². The van der Waals surface area contributed by atoms with E-state index in [1.807, 2.05) is 35.0 Å². The Hall–Kier alpha value is -3.91. The lowest BCUT2D eigenvalue weighted by Gasteiger charge is -2.09. The van der Waals surface area contributed by atoms with Gasteiger partial charge in [0.05, 0.1) is 22.8 Å². The summed E-state index contributed by atoms with van der Waals surface area (Å²) < 4.78 is 29.5. The van der Waals surface area contributed by atoms with E-state index < -0.39 is 10.0 Å². The largest absolute Gasteiger partial charge is 0.346 e. The number of rotatable bonds is 7. The van der Waals surface area contributed by atoms with Crippen LogP contribution in [0.5, 0.6) is 0 Å². The molecule has 0 radical (unpaired) electrons. The van der Waals surface area contributed by atoms with Gasteiger partial charge in [-0.1, -0.05) is 36.4 Å². The van der Waals surface area contributed by atoms with E-state index in [4.69, 9.17) is 5.10 Å². The van der Waals surface area contributed by atoms with Crippen molar-refractivity contribution in [1.82, 2.24) is 15.1 Å². The van der Waals surface area contributed by atoms with E-state index >= 15 is 0 Å². The molecule has 1 amide bonds. The molecule has 0 fully saturated rings. The third-order valence-corrected chi connectivity index (χ3v) is 7.28. The molecule has 0 unspecified atom stereocenters. The first-order valence-electron chi connectivity index (χ1n) is 11.1. The summed E-state index contributed by atoms with van der Waals surface area (Å²) in [5.41, 5.74) is 5.17. The van der Waals surface area contributed by atoms with Crippen molar-refractivity contribution in [3.63, 3.8) is 0 Å². The molecule has 0 spiro atoms. The van der Waals surface area contributed by atoms with Gasteiger partial charge >= 0.3 is 0 Å². The molecule has 1 heterocycles. The molecule has 0 saturated heterocycles. The smallest absolute Gasteiger partial charge is 0.261 e. The first kappa shape index (κ1) is 21.9. The van der Waals surface area contributed by atoms with Crippen molar-refractivity contribution >= 4 is 21.6 Å². The average Bonchev–Trinajstić information content (AvgIpc) is 3.47. The lowest BCUT2D eigenvalue weighted by molar-refractivity contribution is 0.0950. The normalized spacial score (nSPS) is 12.8. The molecule has 0 aliphatic heterocycles. The Morgan fingerprint density at radius 2 is 1.56 bits per heavy atom. The number of carbonyl (C=O) groups is 1. The maximum atomic E-state index is 12.7. The minimum atomic E-state index is -3.68. The highest BCUT2D eigenvalue weighted by molar-refractivity contribution is 7.92. The molecular formula is C26H24N4O3S. The number of hydrogen-bond donors (Lipinski definition) is 2. The van der Waals surface area contributed by atoms with E-state index in [1.54, 1.807) is 42.5 Å². The quantitative estimate of drug-likeness (QED) is 0.424. The van der Waals surface area contributed by atoms with Crippen LogP contribution in [-0.4, -0.2) is 24.1 Å². The fourth-order valence-electron chi connectivity index (χ4n) is 4.21. The van der Waals surface area contributed by atoms with E-state index in [9.17, 15) is 13.2 Å². The van der Waals surface area contributed by atoms with Crippen molar-refractivity contribution in [2.75, 3.05) is 4.72 Å². The highest BCUT2D eigenvalue weighted by Crippen LogP contribution is 2.27. The summed E-state index contributed by atoms with van der Waals surface area (Å²) in [5.74, 6) is -0.238. The SMILES string of the molecule is O=C(NCc1nn(-c2ccccc2)c2c1CCC2)c1ccc(NS(=O)(=O)c2ccccc2)cc1. The van der Waals surface area contributed by atoms with Gasteiger partial charge < -0.3 is 5.32 Å². The predicted molar refractivity (Wildman–Crippen MR) is 130 cm³/mol. The van der Waals surface area contributed by atoms with Crippen LogP contribution in [0.4, 0.5) is 5.69 Å². The first-order chi connectivity index (χ1) is 16.5. The van der Waals surface area contributed by atoms with Gasteiger partial charge in [-0.25, -0.2) is 13.1 Å². The number of nitrogens with zero attached hydrogens (tertiary/aromatic N) is 2. The van der Waals surface area contributed by atoms with Crippen molar-refractivity contribution in [3.8, 4) is 5.69 Å². The van der Waals surface area contributed by atoms with Crippen LogP contribution in [0.25, 0.3) is 5.69 Å². The number of fused-ring (bicyclic) bond motifs is 1. The van der Waals surface area contributed by atoms with Crippen LogP contribution >= 0.6 is 0 Å². The molecular weight excluding hydrogens is 448 g/mol. The zero-order valence-corrected chi connectivity index (χ0v) is 19.3. The number of hydrogen-bond acceptors (Lipinski definition) is 4. The fourth-order valence-corrected chi connectivity index (χ4v) is 5.29. The average molecular weight is 473 g/mol. The van der Waals surface area contributed by atoms with Crippen molar-refractivity contribution < 1.29 is 13.2 Å². The molecule has 3 aromatic carbocycles. The molecule has 8 heteroatoms. The Kier molecular flexibility index (Phi) is 5.90. The van der Waals surface area contributed by atoms with Crippen molar-refractivity contribution in [3.05, 3.63) is 107 Å². The minimum Gasteiger partial charge on any atom is -0.346 e. The molecule has 2 N–H and O–H groups in total. The number of benzene rings is 3. The lowest BCUT2D eigenvalue weighted by Crippen LogP contribution is -2.23. The monoisotopic (exact) mass is 472 g/mol. The number of carbonyl (C=O) groups excluding carboxylic acids is 1. The summed E-state index contributed by atoms with van der Waals surface area (Å²) in [6.45, 7) is 0.337. The molecule has 172 valence electrons. The van der Waals surface area contributed by atoms with Gasteiger partial charge in [0.25, 0.3) is 15.9 Å². The van der Waals surface area contributed by atoms with Gasteiger partial charge in [0.15, 0.2) is 0 Å². The Morgan fingerprint density at radius 1 is 0.882 bits per heavy atom. The van der Waals surface area contributed by atoms with Gasteiger partial charge in [0, 0.05) is 16.9 Å². The van der Waals surface area contributed by atoms with E-state index in [1.165, 1.54) is 23.4 Å². The van der Waals surface area contributed by atoms with Crippen LogP contribution in [-0.2, 0) is 29.4 Å². The van der Waals surface area contributed by atoms with Crippen LogP contribution in [0, 0.1) is 0 Å². The predicted octanol–water partition coefficient (Wildman–Crippen LogP) is 4.09. The van der Waals surface area contributed by atoms with Crippen LogP contribution in [0.3, 0.4) is 0 Å². The van der Waals surface area contributed by atoms with E-state index in [2.05, 4.69) is 10.0 Å². The molecule has 0 atom stereocenters. The Labute approximate surface area is 198 Å². The molecule has 5 rings (SSSR count). The number of nitrogens with one attached hydrogen (secondary N) is 2. The molecule has 1 aliphatic carbocycles. The van der Waals surface area contributed by atoms with Crippen LogP contribution in [0.2, 0.25) is 0 Å². The van der Waals surface area contributed by atoms with Gasteiger partial charge in [-0.2, -0.15) is 5.10 Å². The van der Waals surface area contributed by atoms with Crippen molar-refractivity contribution in [2.45, 2.75) is 30.7 Å². The Balaban J connectivity index is 1.26. The molecule has 1 aliphatic rings. The van der Waals surface area contributed by atoms with Crippen LogP contribution < -0.4 is 10.0 Å². The summed E-state index contributed by atoms with van der Waals surface area (Å²) in [4.78, 5) is 12.9. The maximum Gasteiger partial charge on any atom is 0.261 e. The highest BCUT2D eigenvalue weighted by atomic mass is 32.2. The molecule has 7 nitrogen and oxygen atoms in total. The number of anilines is 1. The zero-order valence-electron chi connectivity index (χ0n) is 18.4. The topological polar surface area (TPSA) is 93.1 Å². The van der Waals surface area contributed by atoms with E-state index in [0.29, 0.717) is 17.8 Å². The first-order valence-corrected chi connectivity index (χ1v) is 12.6. The Morgan fingerprint density at radius 3 is 2.26 bits per heavy atom. The van der Waals surface area contributed by atoms with Crippen LogP contribution in [0.1, 0.15) is 33.7 Å². The van der Waals surface area contributed by atoms with Gasteiger partial charge in [-0.05, 0) is 73.4 Å². The van der Waals surface area contributed by atoms with Gasteiger partial charge in [0.2, 0.25) is 0 Å². The minimum absolute atomic E-state index is 0.180. The molecule has 0 saturated carbocycles. The van der Waals surface area contributed by atoms with Crippen molar-refractivity contribution in [2.24, 2.45) is 0 Å². The zero-order chi connectivity index (χ0) is 23.5. The summed E-state index contributed by atoms with van der Waals surface area (Å²) >= 11 is 0. The fraction of sp³-hybridized carbons (Fsp3) is 0.154. The van der Waals surface area contributed by atoms with E-state index in [-0.39, 0.29) is 10.8 Å². The second kappa shape index (κ2) is 9.15. The molecule has 4 aromatic rings. The third-order valence-electron chi connectivity index (χ3n) is 5.88. The lowest BCUT2D eigenvalue weighted by atomic mass is 10.1. The number of amides is 1. The third kappa shape index (κ3) is 4.45. The summed E-state index contributed by atoms with van der Waals surface area (Å²) in [7, 11) is -3.68. The number of aromatic nitrogens is 2. The van der Waals surface area contributed by atoms with Gasteiger partial charge in [-0.3, -0.25) is 9.52 Å². The van der Waals surface area contributed by atoms with E-state index in [0.717, 1.165) is 30.6 Å². The number of para-hydroxylation sites is 1. The second-order valence-corrected chi connectivity index (χ2v) is 9.83. The summed E-state index contributed by atoms with van der Waals surface area (Å²) in [6, 6.07) is 24.5. The molecule has 0 bridgehead atoms. The highest BCUT2D eigenvalue weighted by Gasteiger charge is 2.23. The standard InChI is InChI=1S/C26H24N4O3S/c31-26(19-14-16-20(17-15-19)29-34(32,33)22-10-5-2-6-11-22)27-18-24-23-12-7-13-25(23)30(28-24)21-8-3-1-4-9-21/h1-6,8-11,14-17,29H,7,12-13,18H2,(H,27,31). The molecule has 1 aromatic heterocycles.